The van der Waals surface area contributed by atoms with Gasteiger partial charge in [-0.05, 0) is 11.7 Å². The Morgan fingerprint density at radius 3 is 3.00 bits per heavy atom. The third-order valence-corrected chi connectivity index (χ3v) is 1.54. The van der Waals surface area contributed by atoms with Crippen molar-refractivity contribution in [2.45, 2.75) is 13.5 Å². The van der Waals surface area contributed by atoms with Gasteiger partial charge in [-0.25, -0.2) is 9.36 Å². The molecule has 0 aliphatic carbocycles. The smallest absolute Gasteiger partial charge is 0.253 e. The number of hydrogen-bond donors (Lipinski definition) is 0. The second-order valence-corrected chi connectivity index (χ2v) is 2.92. The van der Waals surface area contributed by atoms with E-state index in [-0.39, 0.29) is 0 Å². The zero-order chi connectivity index (χ0) is 10.6. The van der Waals surface area contributed by atoms with Crippen molar-refractivity contribution in [1.29, 1.82) is 0 Å². The van der Waals surface area contributed by atoms with Gasteiger partial charge in [-0.1, -0.05) is 19.2 Å². The molecule has 1 aromatic heterocycles. The molecule has 1 rings (SSSR count). The molecule has 0 fully saturated rings. The molecular weight excluding hydrogens is 180 g/mol. The summed E-state index contributed by atoms with van der Waals surface area (Å²) in [7, 11) is 0. The van der Waals surface area contributed by atoms with Crippen LogP contribution in [0.25, 0.3) is 0 Å². The average molecular weight is 193 g/mol. The highest BCUT2D eigenvalue weighted by atomic mass is 16.7. The van der Waals surface area contributed by atoms with Crippen molar-refractivity contribution in [3.05, 3.63) is 43.5 Å². The number of carbonyl (C=O) groups is 1. The van der Waals surface area contributed by atoms with Gasteiger partial charge in [-0.15, -0.1) is 0 Å². The van der Waals surface area contributed by atoms with E-state index in [4.69, 9.17) is 4.84 Å². The van der Waals surface area contributed by atoms with Crippen molar-refractivity contribution in [3.63, 3.8) is 0 Å². The quantitative estimate of drug-likeness (QED) is 0.396. The summed E-state index contributed by atoms with van der Waals surface area (Å²) in [6.45, 7) is 9.36. The summed E-state index contributed by atoms with van der Waals surface area (Å²) < 4.78 is 3.17. The maximum atomic E-state index is 11.1. The molecule has 0 unspecified atom stereocenters. The fraction of sp³-hybridized carbons (Fsp3) is 0.200. The van der Waals surface area contributed by atoms with Crippen molar-refractivity contribution in [2.75, 3.05) is 0 Å². The number of nitrogens with zero attached hydrogens (tertiary/aromatic N) is 2. The van der Waals surface area contributed by atoms with Gasteiger partial charge in [0, 0.05) is 5.57 Å². The van der Waals surface area contributed by atoms with Crippen molar-refractivity contribution >= 4 is 5.97 Å². The normalized spacial score (nSPS) is 9.50. The van der Waals surface area contributed by atoms with Gasteiger partial charge in [0.25, 0.3) is 6.33 Å². The summed E-state index contributed by atoms with van der Waals surface area (Å²) >= 11 is 0. The molecule has 14 heavy (non-hydrogen) atoms. The Morgan fingerprint density at radius 2 is 2.43 bits per heavy atom. The summed E-state index contributed by atoms with van der Waals surface area (Å²) in [5.74, 6) is -0.439. The van der Waals surface area contributed by atoms with Crippen LogP contribution < -0.4 is 9.40 Å². The van der Waals surface area contributed by atoms with Crippen LogP contribution in [0.5, 0.6) is 0 Å². The molecule has 0 radical (unpaired) electrons. The number of rotatable bonds is 4. The van der Waals surface area contributed by atoms with Crippen LogP contribution in [-0.4, -0.2) is 10.7 Å². The van der Waals surface area contributed by atoms with Gasteiger partial charge in [0.15, 0.2) is 6.20 Å². The molecule has 1 aromatic rings. The third-order valence-electron chi connectivity index (χ3n) is 1.54. The summed E-state index contributed by atoms with van der Waals surface area (Å²) in [6, 6.07) is 0. The summed E-state index contributed by atoms with van der Waals surface area (Å²) in [6.07, 6.45) is 6.84. The Bertz CT molecular complexity index is 366. The molecule has 4 nitrogen and oxygen atoms in total. The molecule has 0 bridgehead atoms. The van der Waals surface area contributed by atoms with E-state index in [0.29, 0.717) is 12.1 Å². The SMILES string of the molecule is C=CC[n+]1ccn(OC(=O)C(=C)C)c1. The van der Waals surface area contributed by atoms with Gasteiger partial charge >= 0.3 is 5.97 Å². The molecule has 0 spiro atoms. The van der Waals surface area contributed by atoms with Crippen molar-refractivity contribution in [3.8, 4) is 0 Å². The van der Waals surface area contributed by atoms with Gasteiger partial charge in [-0.3, -0.25) is 4.84 Å². The topological polar surface area (TPSA) is 35.1 Å². The Labute approximate surface area is 82.7 Å². The number of aromatic nitrogens is 2. The Morgan fingerprint density at radius 1 is 1.71 bits per heavy atom. The molecule has 0 N–H and O–H groups in total. The fourth-order valence-electron chi connectivity index (χ4n) is 0.859. The Kier molecular flexibility index (Phi) is 3.23. The van der Waals surface area contributed by atoms with Crippen LogP contribution in [0.15, 0.2) is 43.5 Å². The summed E-state index contributed by atoms with van der Waals surface area (Å²) in [5.41, 5.74) is 0.369. The largest absolute Gasteiger partial charge is 0.383 e. The third kappa shape index (κ3) is 2.58. The summed E-state index contributed by atoms with van der Waals surface area (Å²) in [4.78, 5) is 16.0. The molecule has 0 amide bonds. The van der Waals surface area contributed by atoms with Crippen LogP contribution in [0, 0.1) is 0 Å². The lowest BCUT2D eigenvalue weighted by Crippen LogP contribution is -2.30. The van der Waals surface area contributed by atoms with Crippen LogP contribution in [0.3, 0.4) is 0 Å². The second-order valence-electron chi connectivity index (χ2n) is 2.92. The lowest BCUT2D eigenvalue weighted by atomic mass is 10.4. The molecule has 74 valence electrons. The molecule has 1 heterocycles. The van der Waals surface area contributed by atoms with E-state index in [1.54, 1.807) is 31.7 Å². The van der Waals surface area contributed by atoms with E-state index in [1.165, 1.54) is 4.73 Å². The van der Waals surface area contributed by atoms with E-state index in [9.17, 15) is 4.79 Å². The molecule has 4 heteroatoms. The molecule has 0 atom stereocenters. The van der Waals surface area contributed by atoms with E-state index >= 15 is 0 Å². The minimum Gasteiger partial charge on any atom is -0.253 e. The molecule has 0 aliphatic rings. The van der Waals surface area contributed by atoms with Gasteiger partial charge in [-0.2, -0.15) is 0 Å². The highest BCUT2D eigenvalue weighted by molar-refractivity contribution is 5.87. The highest BCUT2D eigenvalue weighted by Crippen LogP contribution is 1.89. The maximum absolute atomic E-state index is 11.1. The zero-order valence-corrected chi connectivity index (χ0v) is 8.14. The van der Waals surface area contributed by atoms with Crippen LogP contribution in [0.4, 0.5) is 0 Å². The first kappa shape index (κ1) is 10.2. The molecule has 0 aromatic carbocycles. The van der Waals surface area contributed by atoms with E-state index < -0.39 is 5.97 Å². The van der Waals surface area contributed by atoms with Crippen LogP contribution in [-0.2, 0) is 11.3 Å². The molecule has 0 saturated carbocycles. The monoisotopic (exact) mass is 193 g/mol. The first-order valence-electron chi connectivity index (χ1n) is 4.19. The van der Waals surface area contributed by atoms with Crippen molar-refractivity contribution in [1.82, 2.24) is 4.73 Å². The Hall–Kier alpha value is -1.84. The van der Waals surface area contributed by atoms with Gasteiger partial charge in [0.1, 0.15) is 12.7 Å². The van der Waals surface area contributed by atoms with Crippen LogP contribution in [0.1, 0.15) is 6.92 Å². The molecule has 0 aliphatic heterocycles. The van der Waals surface area contributed by atoms with E-state index in [0.717, 1.165) is 0 Å². The van der Waals surface area contributed by atoms with Crippen molar-refractivity contribution in [2.24, 2.45) is 0 Å². The predicted molar refractivity (Wildman–Crippen MR) is 51.2 cm³/mol. The Balaban J connectivity index is 2.63. The predicted octanol–water partition coefficient (Wildman–Crippen LogP) is 0.493. The molecular formula is C10H13N2O2+. The first-order valence-corrected chi connectivity index (χ1v) is 4.19. The first-order chi connectivity index (χ1) is 6.63. The minimum absolute atomic E-state index is 0.369. The van der Waals surface area contributed by atoms with Gasteiger partial charge in [0.05, 0.1) is 0 Å². The average Bonchev–Trinajstić information content (AvgIpc) is 2.53. The van der Waals surface area contributed by atoms with Crippen LogP contribution in [0.2, 0.25) is 0 Å². The molecule has 0 saturated heterocycles. The zero-order valence-electron chi connectivity index (χ0n) is 8.14. The number of imidazole rings is 1. The maximum Gasteiger partial charge on any atom is 0.383 e. The lowest BCUT2D eigenvalue weighted by Gasteiger charge is -1.95. The minimum atomic E-state index is -0.439. The standard InChI is InChI=1S/C10H13N2O2/c1-4-5-11-6-7-12(8-11)14-10(13)9(2)3/h4,6-8H,1-2,5H2,3H3/q+1. The van der Waals surface area contributed by atoms with E-state index in [1.807, 2.05) is 4.57 Å². The number of allylic oxidation sites excluding steroid dienone is 1. The number of hydrogen-bond acceptors (Lipinski definition) is 2. The van der Waals surface area contributed by atoms with Gasteiger partial charge in [0.2, 0.25) is 0 Å². The number of carbonyl (C=O) groups excluding carboxylic acids is 1. The second kappa shape index (κ2) is 4.41. The summed E-state index contributed by atoms with van der Waals surface area (Å²) in [5, 5.41) is 0. The van der Waals surface area contributed by atoms with Crippen LogP contribution >= 0.6 is 0 Å². The van der Waals surface area contributed by atoms with E-state index in [2.05, 4.69) is 13.2 Å². The lowest BCUT2D eigenvalue weighted by molar-refractivity contribution is -0.687. The van der Waals surface area contributed by atoms with Crippen molar-refractivity contribution < 1.29 is 14.2 Å². The highest BCUT2D eigenvalue weighted by Gasteiger charge is 2.10. The van der Waals surface area contributed by atoms with Gasteiger partial charge < -0.3 is 0 Å². The fourth-order valence-corrected chi connectivity index (χ4v) is 0.859.